The minimum Gasteiger partial charge on any atom is -0.454 e. The van der Waals surface area contributed by atoms with E-state index in [1.807, 2.05) is 25.1 Å². The molecule has 0 radical (unpaired) electrons. The van der Waals surface area contributed by atoms with Crippen molar-refractivity contribution in [3.05, 3.63) is 34.5 Å². The van der Waals surface area contributed by atoms with Gasteiger partial charge >= 0.3 is 0 Å². The van der Waals surface area contributed by atoms with Crippen LogP contribution in [0, 0.1) is 11.3 Å². The van der Waals surface area contributed by atoms with E-state index >= 15 is 0 Å². The number of aromatic nitrogens is 1. The van der Waals surface area contributed by atoms with E-state index in [1.54, 1.807) is 0 Å². The van der Waals surface area contributed by atoms with Gasteiger partial charge in [-0.05, 0) is 36.2 Å². The van der Waals surface area contributed by atoms with Crippen LogP contribution in [0.15, 0.2) is 18.2 Å². The SMILES string of the molecule is CC(Nc1snc(Cl)c1C#N)c1ccc2c(c1)OCO2. The predicted molar refractivity (Wildman–Crippen MR) is 76.4 cm³/mol. The van der Waals surface area contributed by atoms with Gasteiger partial charge in [-0.25, -0.2) is 0 Å². The third-order valence-electron chi connectivity index (χ3n) is 3.01. The molecule has 102 valence electrons. The Bertz CT molecular complexity index is 695. The summed E-state index contributed by atoms with van der Waals surface area (Å²) in [5.74, 6) is 1.48. The predicted octanol–water partition coefficient (Wildman–Crippen LogP) is 3.57. The van der Waals surface area contributed by atoms with Gasteiger partial charge in [0.2, 0.25) is 6.79 Å². The number of rotatable bonds is 3. The fourth-order valence-electron chi connectivity index (χ4n) is 1.93. The highest BCUT2D eigenvalue weighted by Crippen LogP contribution is 2.36. The van der Waals surface area contributed by atoms with Crippen molar-refractivity contribution in [3.8, 4) is 17.6 Å². The molecule has 1 unspecified atom stereocenters. The first-order valence-electron chi connectivity index (χ1n) is 5.90. The molecule has 7 heteroatoms. The maximum Gasteiger partial charge on any atom is 0.231 e. The zero-order valence-electron chi connectivity index (χ0n) is 10.5. The number of fused-ring (bicyclic) bond motifs is 1. The van der Waals surface area contributed by atoms with Crippen LogP contribution in [0.25, 0.3) is 0 Å². The fraction of sp³-hybridized carbons (Fsp3) is 0.231. The molecule has 1 atom stereocenters. The van der Waals surface area contributed by atoms with E-state index in [4.69, 9.17) is 26.3 Å². The number of hydrogen-bond acceptors (Lipinski definition) is 6. The molecule has 0 fully saturated rings. The Morgan fingerprint density at radius 1 is 1.45 bits per heavy atom. The zero-order valence-corrected chi connectivity index (χ0v) is 12.1. The summed E-state index contributed by atoms with van der Waals surface area (Å²) in [6, 6.07) is 7.80. The normalized spacial score (nSPS) is 13.8. The van der Waals surface area contributed by atoms with Crippen LogP contribution in [-0.2, 0) is 0 Å². The van der Waals surface area contributed by atoms with Crippen LogP contribution in [0.5, 0.6) is 11.5 Å². The van der Waals surface area contributed by atoms with E-state index in [-0.39, 0.29) is 18.0 Å². The van der Waals surface area contributed by atoms with Crippen LogP contribution in [-0.4, -0.2) is 11.2 Å². The van der Waals surface area contributed by atoms with Gasteiger partial charge in [0.05, 0.1) is 0 Å². The summed E-state index contributed by atoms with van der Waals surface area (Å²) >= 11 is 7.03. The van der Waals surface area contributed by atoms with Crippen molar-refractivity contribution in [2.24, 2.45) is 0 Å². The van der Waals surface area contributed by atoms with Crippen molar-refractivity contribution in [1.29, 1.82) is 5.26 Å². The van der Waals surface area contributed by atoms with Gasteiger partial charge in [0.15, 0.2) is 16.7 Å². The highest BCUT2D eigenvalue weighted by molar-refractivity contribution is 7.10. The van der Waals surface area contributed by atoms with Crippen LogP contribution < -0.4 is 14.8 Å². The van der Waals surface area contributed by atoms with Gasteiger partial charge in [-0.15, -0.1) is 0 Å². The van der Waals surface area contributed by atoms with E-state index in [1.165, 1.54) is 11.5 Å². The number of halogens is 1. The van der Waals surface area contributed by atoms with Crippen LogP contribution in [0.1, 0.15) is 24.1 Å². The van der Waals surface area contributed by atoms with Crippen LogP contribution in [0.3, 0.4) is 0 Å². The van der Waals surface area contributed by atoms with E-state index in [0.717, 1.165) is 17.1 Å². The highest BCUT2D eigenvalue weighted by Gasteiger charge is 2.18. The van der Waals surface area contributed by atoms with Crippen LogP contribution in [0.2, 0.25) is 5.15 Å². The smallest absolute Gasteiger partial charge is 0.231 e. The number of benzene rings is 1. The number of nitrogens with zero attached hydrogens (tertiary/aromatic N) is 2. The monoisotopic (exact) mass is 307 g/mol. The molecule has 3 rings (SSSR count). The van der Waals surface area contributed by atoms with Crippen LogP contribution >= 0.6 is 23.1 Å². The summed E-state index contributed by atoms with van der Waals surface area (Å²) in [5, 5.41) is 13.2. The third kappa shape index (κ3) is 2.26. The molecule has 0 amide bonds. The minimum absolute atomic E-state index is 0.00637. The van der Waals surface area contributed by atoms with Gasteiger partial charge in [-0.3, -0.25) is 0 Å². The minimum atomic E-state index is -0.00637. The molecule has 1 N–H and O–H groups in total. The van der Waals surface area contributed by atoms with E-state index in [9.17, 15) is 0 Å². The van der Waals surface area contributed by atoms with E-state index < -0.39 is 0 Å². The fourth-order valence-corrected chi connectivity index (χ4v) is 2.95. The van der Waals surface area contributed by atoms with Crippen molar-refractivity contribution < 1.29 is 9.47 Å². The third-order valence-corrected chi connectivity index (χ3v) is 4.16. The number of ether oxygens (including phenoxy) is 2. The van der Waals surface area contributed by atoms with Crippen molar-refractivity contribution >= 4 is 28.1 Å². The Balaban J connectivity index is 1.83. The summed E-state index contributed by atoms with van der Waals surface area (Å²) < 4.78 is 14.6. The molecule has 0 aliphatic carbocycles. The topological polar surface area (TPSA) is 67.2 Å². The Morgan fingerprint density at radius 2 is 2.25 bits per heavy atom. The Labute approximate surface area is 124 Å². The highest BCUT2D eigenvalue weighted by atomic mass is 35.5. The molecule has 2 heterocycles. The molecule has 20 heavy (non-hydrogen) atoms. The van der Waals surface area contributed by atoms with E-state index in [2.05, 4.69) is 15.8 Å². The summed E-state index contributed by atoms with van der Waals surface area (Å²) in [7, 11) is 0. The Hall–Kier alpha value is -1.97. The molecule has 0 spiro atoms. The van der Waals surface area contributed by atoms with Crippen molar-refractivity contribution in [3.63, 3.8) is 0 Å². The van der Waals surface area contributed by atoms with Crippen molar-refractivity contribution in [2.75, 3.05) is 12.1 Å². The van der Waals surface area contributed by atoms with Crippen molar-refractivity contribution in [2.45, 2.75) is 13.0 Å². The second kappa shape index (κ2) is 5.19. The summed E-state index contributed by atoms with van der Waals surface area (Å²) in [6.07, 6.45) is 0. The largest absolute Gasteiger partial charge is 0.454 e. The molecule has 1 aliphatic heterocycles. The first-order valence-corrected chi connectivity index (χ1v) is 7.05. The number of nitrogens with one attached hydrogen (secondary N) is 1. The van der Waals surface area contributed by atoms with Gasteiger partial charge in [0.1, 0.15) is 16.6 Å². The van der Waals surface area contributed by atoms with Gasteiger partial charge in [0, 0.05) is 6.04 Å². The molecule has 2 aromatic rings. The van der Waals surface area contributed by atoms with Crippen molar-refractivity contribution in [1.82, 2.24) is 4.37 Å². The summed E-state index contributed by atoms with van der Waals surface area (Å²) in [6.45, 7) is 2.25. The lowest BCUT2D eigenvalue weighted by Gasteiger charge is -2.14. The molecule has 1 aliphatic rings. The molecular weight excluding hydrogens is 298 g/mol. The number of nitriles is 1. The maximum absolute atomic E-state index is 9.05. The average Bonchev–Trinajstić information content (AvgIpc) is 3.04. The van der Waals surface area contributed by atoms with Gasteiger partial charge < -0.3 is 14.8 Å². The zero-order chi connectivity index (χ0) is 14.1. The summed E-state index contributed by atoms with van der Waals surface area (Å²) in [5.41, 5.74) is 1.41. The van der Waals surface area contributed by atoms with Gasteiger partial charge in [-0.1, -0.05) is 17.7 Å². The Kier molecular flexibility index (Phi) is 3.38. The molecule has 0 saturated heterocycles. The Morgan fingerprint density at radius 3 is 3.05 bits per heavy atom. The lowest BCUT2D eigenvalue weighted by Crippen LogP contribution is -2.06. The first-order chi connectivity index (χ1) is 9.69. The molecule has 0 saturated carbocycles. The second-order valence-electron chi connectivity index (χ2n) is 4.27. The lowest BCUT2D eigenvalue weighted by molar-refractivity contribution is 0.174. The van der Waals surface area contributed by atoms with Gasteiger partial charge in [-0.2, -0.15) is 9.64 Å². The first kappa shape index (κ1) is 13.0. The van der Waals surface area contributed by atoms with Crippen LogP contribution in [0.4, 0.5) is 5.00 Å². The number of hydrogen-bond donors (Lipinski definition) is 1. The molecular formula is C13H10ClN3O2S. The maximum atomic E-state index is 9.05. The second-order valence-corrected chi connectivity index (χ2v) is 5.40. The molecule has 1 aromatic carbocycles. The number of anilines is 1. The van der Waals surface area contributed by atoms with Gasteiger partial charge in [0.25, 0.3) is 0 Å². The standard InChI is InChI=1S/C13H10ClN3O2S/c1-7(16-13-9(5-15)12(14)17-20-13)8-2-3-10-11(4-8)19-6-18-10/h2-4,7,16H,6H2,1H3. The molecule has 1 aromatic heterocycles. The quantitative estimate of drug-likeness (QED) is 0.939. The molecule has 0 bridgehead atoms. The average molecular weight is 308 g/mol. The lowest BCUT2D eigenvalue weighted by atomic mass is 10.1. The van der Waals surface area contributed by atoms with E-state index in [0.29, 0.717) is 10.6 Å². The summed E-state index contributed by atoms with van der Waals surface area (Å²) in [4.78, 5) is 0. The molecule has 5 nitrogen and oxygen atoms in total.